The summed E-state index contributed by atoms with van der Waals surface area (Å²) in [4.78, 5) is 37.3. The number of hydrogen-bond donors (Lipinski definition) is 2. The Morgan fingerprint density at radius 2 is 1.97 bits per heavy atom. The molecule has 3 amide bonds. The van der Waals surface area contributed by atoms with Crippen LogP contribution in [0.1, 0.15) is 25.0 Å². The molecule has 10 heteroatoms. The van der Waals surface area contributed by atoms with Crippen LogP contribution in [0.2, 0.25) is 5.15 Å². The zero-order valence-electron chi connectivity index (χ0n) is 18.8. The van der Waals surface area contributed by atoms with Crippen molar-refractivity contribution in [2.45, 2.75) is 38.9 Å². The number of halogens is 1. The van der Waals surface area contributed by atoms with E-state index in [4.69, 9.17) is 11.6 Å². The number of aromatic nitrogens is 2. The Labute approximate surface area is 198 Å². The first kappa shape index (κ1) is 24.1. The maximum atomic E-state index is 12.4. The molecule has 1 saturated heterocycles. The van der Waals surface area contributed by atoms with Crippen molar-refractivity contribution in [2.24, 2.45) is 0 Å². The fourth-order valence-corrected chi connectivity index (χ4v) is 4.36. The third-order valence-electron chi connectivity index (χ3n) is 5.32. The molecule has 8 nitrogen and oxygen atoms in total. The Hall–Kier alpha value is -2.52. The number of urea groups is 1. The van der Waals surface area contributed by atoms with Crippen LogP contribution in [0.3, 0.4) is 0 Å². The van der Waals surface area contributed by atoms with Crippen molar-refractivity contribution in [1.82, 2.24) is 20.2 Å². The van der Waals surface area contributed by atoms with Gasteiger partial charge in [-0.1, -0.05) is 29.4 Å². The number of carbonyl (C=O) groups excluding carboxylic acids is 2. The minimum atomic E-state index is -0.132. The third kappa shape index (κ3) is 6.26. The molecule has 2 N–H and O–H groups in total. The first-order valence-electron chi connectivity index (χ1n) is 10.6. The standard InChI is InChI=1S/C22H29ClN6O2S/c1-5-24-22(31)29-9-8-28(12-16(29)4)19-11-18(23)26-21(27-19)32-13-20(30)25-17-7-6-14(2)15(3)10-17/h6-7,10-11,16H,5,8-9,12-13H2,1-4H3,(H,24,31)(H,25,30)/t16-/m1/s1. The average Bonchev–Trinajstić information content (AvgIpc) is 2.74. The van der Waals surface area contributed by atoms with Gasteiger partial charge in [0.25, 0.3) is 0 Å². The van der Waals surface area contributed by atoms with Gasteiger partial charge in [-0.25, -0.2) is 14.8 Å². The molecule has 32 heavy (non-hydrogen) atoms. The number of thioether (sulfide) groups is 1. The van der Waals surface area contributed by atoms with Crippen LogP contribution in [0.15, 0.2) is 29.4 Å². The second kappa shape index (κ2) is 10.9. The van der Waals surface area contributed by atoms with Crippen LogP contribution in [0.4, 0.5) is 16.3 Å². The van der Waals surface area contributed by atoms with E-state index >= 15 is 0 Å². The van der Waals surface area contributed by atoms with Gasteiger partial charge in [-0.3, -0.25) is 4.79 Å². The first-order chi connectivity index (χ1) is 15.3. The highest BCUT2D eigenvalue weighted by atomic mass is 35.5. The fourth-order valence-electron chi connectivity index (χ4n) is 3.48. The highest BCUT2D eigenvalue weighted by molar-refractivity contribution is 7.99. The second-order valence-electron chi connectivity index (χ2n) is 7.79. The van der Waals surface area contributed by atoms with Crippen LogP contribution in [0.5, 0.6) is 0 Å². The summed E-state index contributed by atoms with van der Waals surface area (Å²) in [5, 5.41) is 6.52. The smallest absolute Gasteiger partial charge is 0.317 e. The third-order valence-corrected chi connectivity index (χ3v) is 6.37. The van der Waals surface area contributed by atoms with Gasteiger partial charge < -0.3 is 20.4 Å². The molecule has 0 unspecified atom stereocenters. The lowest BCUT2D eigenvalue weighted by molar-refractivity contribution is -0.113. The van der Waals surface area contributed by atoms with E-state index in [-0.39, 0.29) is 23.7 Å². The minimum Gasteiger partial charge on any atom is -0.353 e. The highest BCUT2D eigenvalue weighted by Crippen LogP contribution is 2.24. The summed E-state index contributed by atoms with van der Waals surface area (Å²) in [6.07, 6.45) is 0. The van der Waals surface area contributed by atoms with Crippen molar-refractivity contribution >= 4 is 46.8 Å². The SMILES string of the molecule is CCNC(=O)N1CCN(c2cc(Cl)nc(SCC(=O)Nc3ccc(C)c(C)c3)n2)C[C@H]1C. The van der Waals surface area contributed by atoms with Gasteiger partial charge in [-0.2, -0.15) is 0 Å². The molecule has 1 aliphatic heterocycles. The number of nitrogens with zero attached hydrogens (tertiary/aromatic N) is 4. The molecule has 1 atom stereocenters. The Balaban J connectivity index is 1.60. The van der Waals surface area contributed by atoms with Gasteiger partial charge >= 0.3 is 6.03 Å². The zero-order chi connectivity index (χ0) is 23.3. The maximum Gasteiger partial charge on any atom is 0.317 e. The fraction of sp³-hybridized carbons (Fsp3) is 0.455. The van der Waals surface area contributed by atoms with Crippen LogP contribution in [0, 0.1) is 13.8 Å². The number of anilines is 2. The number of carbonyl (C=O) groups is 2. The lowest BCUT2D eigenvalue weighted by Crippen LogP contribution is -2.56. The molecular formula is C22H29ClN6O2S. The van der Waals surface area contributed by atoms with E-state index in [1.54, 1.807) is 6.07 Å². The predicted octanol–water partition coefficient (Wildman–Crippen LogP) is 3.72. The summed E-state index contributed by atoms with van der Waals surface area (Å²) in [6.45, 7) is 10.4. The van der Waals surface area contributed by atoms with Gasteiger partial charge in [0.05, 0.1) is 5.75 Å². The number of amides is 3. The Bertz CT molecular complexity index is 989. The van der Waals surface area contributed by atoms with Gasteiger partial charge in [0.1, 0.15) is 11.0 Å². The summed E-state index contributed by atoms with van der Waals surface area (Å²) in [5.74, 6) is 0.741. The zero-order valence-corrected chi connectivity index (χ0v) is 20.4. The summed E-state index contributed by atoms with van der Waals surface area (Å²) in [5.41, 5.74) is 3.07. The lowest BCUT2D eigenvalue weighted by Gasteiger charge is -2.40. The van der Waals surface area contributed by atoms with Crippen molar-refractivity contribution < 1.29 is 9.59 Å². The van der Waals surface area contributed by atoms with Gasteiger partial charge in [-0.15, -0.1) is 0 Å². The van der Waals surface area contributed by atoms with Crippen molar-refractivity contribution in [3.63, 3.8) is 0 Å². The van der Waals surface area contributed by atoms with Crippen molar-refractivity contribution in [3.05, 3.63) is 40.5 Å². The molecule has 1 aliphatic rings. The van der Waals surface area contributed by atoms with Crippen LogP contribution in [-0.4, -0.2) is 64.8 Å². The molecule has 0 radical (unpaired) electrons. The predicted molar refractivity (Wildman–Crippen MR) is 130 cm³/mol. The van der Waals surface area contributed by atoms with Crippen LogP contribution in [-0.2, 0) is 4.79 Å². The minimum absolute atomic E-state index is 0.0314. The topological polar surface area (TPSA) is 90.5 Å². The second-order valence-corrected chi connectivity index (χ2v) is 9.12. The van der Waals surface area contributed by atoms with Crippen LogP contribution in [0.25, 0.3) is 0 Å². The number of nitrogens with one attached hydrogen (secondary N) is 2. The van der Waals surface area contributed by atoms with Crippen molar-refractivity contribution in [2.75, 3.05) is 42.1 Å². The Kier molecular flexibility index (Phi) is 8.20. The van der Waals surface area contributed by atoms with Crippen LogP contribution >= 0.6 is 23.4 Å². The molecule has 1 fully saturated rings. The number of benzene rings is 1. The van der Waals surface area contributed by atoms with Gasteiger partial charge in [-0.05, 0) is 51.0 Å². The van der Waals surface area contributed by atoms with E-state index in [0.29, 0.717) is 42.3 Å². The molecule has 1 aromatic heterocycles. The molecule has 0 bridgehead atoms. The summed E-state index contributed by atoms with van der Waals surface area (Å²) >= 11 is 7.48. The largest absolute Gasteiger partial charge is 0.353 e. The normalized spacial score (nSPS) is 16.1. The quantitative estimate of drug-likeness (QED) is 0.375. The molecule has 2 aromatic rings. The monoisotopic (exact) mass is 476 g/mol. The van der Waals surface area contributed by atoms with Gasteiger partial charge in [0, 0.05) is 44.0 Å². The van der Waals surface area contributed by atoms with E-state index in [0.717, 1.165) is 11.3 Å². The Morgan fingerprint density at radius 3 is 2.66 bits per heavy atom. The van der Waals surface area contributed by atoms with Crippen molar-refractivity contribution in [3.8, 4) is 0 Å². The van der Waals surface area contributed by atoms with Crippen molar-refractivity contribution in [1.29, 1.82) is 0 Å². The molecule has 0 spiro atoms. The highest BCUT2D eigenvalue weighted by Gasteiger charge is 2.28. The number of hydrogen-bond acceptors (Lipinski definition) is 6. The van der Waals surface area contributed by atoms with E-state index in [9.17, 15) is 9.59 Å². The molecule has 172 valence electrons. The summed E-state index contributed by atoms with van der Waals surface area (Å²) < 4.78 is 0. The number of rotatable bonds is 6. The molecule has 0 saturated carbocycles. The molecular weight excluding hydrogens is 448 g/mol. The van der Waals surface area contributed by atoms with Gasteiger partial charge in [0.15, 0.2) is 5.16 Å². The van der Waals surface area contributed by atoms with E-state index in [1.807, 2.05) is 50.8 Å². The molecule has 1 aromatic carbocycles. The number of piperazine rings is 1. The van der Waals surface area contributed by atoms with Crippen LogP contribution < -0.4 is 15.5 Å². The maximum absolute atomic E-state index is 12.4. The Morgan fingerprint density at radius 1 is 1.19 bits per heavy atom. The van der Waals surface area contributed by atoms with E-state index in [1.165, 1.54) is 17.3 Å². The lowest BCUT2D eigenvalue weighted by atomic mass is 10.1. The van der Waals surface area contributed by atoms with E-state index < -0.39 is 0 Å². The van der Waals surface area contributed by atoms with E-state index in [2.05, 4.69) is 25.5 Å². The summed E-state index contributed by atoms with van der Waals surface area (Å²) in [7, 11) is 0. The average molecular weight is 477 g/mol. The number of aryl methyl sites for hydroxylation is 2. The summed E-state index contributed by atoms with van der Waals surface area (Å²) in [6, 6.07) is 7.52. The van der Waals surface area contributed by atoms with Gasteiger partial charge in [0.2, 0.25) is 5.91 Å². The molecule has 2 heterocycles. The molecule has 0 aliphatic carbocycles. The molecule has 3 rings (SSSR count). The first-order valence-corrected chi connectivity index (χ1v) is 12.0.